The molecule has 0 aliphatic heterocycles. The van der Waals surface area contributed by atoms with E-state index in [1.807, 2.05) is 0 Å². The third kappa shape index (κ3) is 2.91. The lowest BCUT2D eigenvalue weighted by atomic mass is 10.1. The summed E-state index contributed by atoms with van der Waals surface area (Å²) in [7, 11) is 1.55. The number of nitrogens with one attached hydrogen (secondary N) is 2. The fourth-order valence-electron chi connectivity index (χ4n) is 1.59. The molecule has 4 N–H and O–H groups in total. The van der Waals surface area contributed by atoms with Crippen LogP contribution in [0.1, 0.15) is 16.1 Å². The number of para-hydroxylation sites is 1. The van der Waals surface area contributed by atoms with E-state index in [0.717, 1.165) is 0 Å². The standard InChI is InChI=1S/C12H13N5O3/c1-14-9(18)6-7-4-2-3-5-8(7)15-12(19)10-11(13)17-20-16-10/h2-5H,6H2,1H3,(H2,13,17)(H,14,18)(H,15,19). The second-order valence-corrected chi connectivity index (χ2v) is 3.96. The van der Waals surface area contributed by atoms with Crippen molar-refractivity contribution in [3.63, 3.8) is 0 Å². The summed E-state index contributed by atoms with van der Waals surface area (Å²) in [5.74, 6) is -0.797. The van der Waals surface area contributed by atoms with E-state index in [-0.39, 0.29) is 23.8 Å². The van der Waals surface area contributed by atoms with Crippen LogP contribution in [-0.2, 0) is 11.2 Å². The lowest BCUT2D eigenvalue weighted by molar-refractivity contribution is -0.119. The van der Waals surface area contributed by atoms with Crippen molar-refractivity contribution in [3.8, 4) is 0 Å². The minimum atomic E-state index is -0.548. The first-order valence-corrected chi connectivity index (χ1v) is 5.79. The van der Waals surface area contributed by atoms with Gasteiger partial charge in [-0.25, -0.2) is 4.63 Å². The minimum absolute atomic E-state index is 0.0914. The first-order chi connectivity index (χ1) is 9.61. The molecule has 0 aliphatic rings. The molecule has 0 saturated heterocycles. The Balaban J connectivity index is 2.19. The number of amides is 2. The Morgan fingerprint density at radius 1 is 1.30 bits per heavy atom. The highest BCUT2D eigenvalue weighted by molar-refractivity contribution is 6.06. The van der Waals surface area contributed by atoms with Crippen LogP contribution in [-0.4, -0.2) is 29.2 Å². The van der Waals surface area contributed by atoms with Gasteiger partial charge in [-0.05, 0) is 21.9 Å². The molecule has 0 spiro atoms. The lowest BCUT2D eigenvalue weighted by Gasteiger charge is -2.09. The Kier molecular flexibility index (Phi) is 3.94. The van der Waals surface area contributed by atoms with E-state index in [9.17, 15) is 9.59 Å². The average molecular weight is 275 g/mol. The first-order valence-electron chi connectivity index (χ1n) is 5.79. The third-order valence-electron chi connectivity index (χ3n) is 2.62. The lowest BCUT2D eigenvalue weighted by Crippen LogP contribution is -2.21. The van der Waals surface area contributed by atoms with Crippen LogP contribution in [0.3, 0.4) is 0 Å². The smallest absolute Gasteiger partial charge is 0.281 e. The van der Waals surface area contributed by atoms with Crippen LogP contribution in [0.5, 0.6) is 0 Å². The van der Waals surface area contributed by atoms with Gasteiger partial charge in [-0.3, -0.25) is 9.59 Å². The second kappa shape index (κ2) is 5.83. The van der Waals surface area contributed by atoms with Crippen molar-refractivity contribution in [2.45, 2.75) is 6.42 Å². The van der Waals surface area contributed by atoms with E-state index in [1.54, 1.807) is 31.3 Å². The maximum atomic E-state index is 11.9. The molecular weight excluding hydrogens is 262 g/mol. The molecule has 1 aromatic carbocycles. The van der Waals surface area contributed by atoms with Crippen LogP contribution < -0.4 is 16.4 Å². The number of rotatable bonds is 4. The van der Waals surface area contributed by atoms with Gasteiger partial charge in [0.25, 0.3) is 5.91 Å². The van der Waals surface area contributed by atoms with Crippen LogP contribution in [0.4, 0.5) is 11.5 Å². The molecule has 0 radical (unpaired) electrons. The van der Waals surface area contributed by atoms with Gasteiger partial charge in [0.05, 0.1) is 6.42 Å². The van der Waals surface area contributed by atoms with Gasteiger partial charge in [0.2, 0.25) is 17.4 Å². The van der Waals surface area contributed by atoms with Gasteiger partial charge in [0.1, 0.15) is 0 Å². The van der Waals surface area contributed by atoms with Crippen molar-refractivity contribution in [1.82, 2.24) is 15.6 Å². The molecule has 2 aromatic rings. The predicted molar refractivity (Wildman–Crippen MR) is 70.9 cm³/mol. The van der Waals surface area contributed by atoms with Gasteiger partial charge in [-0.1, -0.05) is 18.2 Å². The number of nitrogens with zero attached hydrogens (tertiary/aromatic N) is 2. The van der Waals surface area contributed by atoms with Gasteiger partial charge in [-0.15, -0.1) is 0 Å². The molecule has 0 atom stereocenters. The summed E-state index contributed by atoms with van der Waals surface area (Å²) in [5.41, 5.74) is 6.53. The Morgan fingerprint density at radius 2 is 2.05 bits per heavy atom. The molecule has 20 heavy (non-hydrogen) atoms. The maximum absolute atomic E-state index is 11.9. The predicted octanol–water partition coefficient (Wildman–Crippen LogP) is 0.193. The van der Waals surface area contributed by atoms with Crippen LogP contribution in [0.2, 0.25) is 0 Å². The van der Waals surface area contributed by atoms with E-state index < -0.39 is 5.91 Å². The van der Waals surface area contributed by atoms with Crippen molar-refractivity contribution >= 4 is 23.3 Å². The molecule has 1 aromatic heterocycles. The average Bonchev–Trinajstić information content (AvgIpc) is 2.87. The number of hydrogen-bond acceptors (Lipinski definition) is 6. The van der Waals surface area contributed by atoms with E-state index in [1.165, 1.54) is 0 Å². The Bertz CT molecular complexity index is 638. The number of hydrogen-bond donors (Lipinski definition) is 3. The zero-order valence-corrected chi connectivity index (χ0v) is 10.7. The van der Waals surface area contributed by atoms with Crippen molar-refractivity contribution < 1.29 is 14.2 Å². The topological polar surface area (TPSA) is 123 Å². The van der Waals surface area contributed by atoms with Crippen molar-refractivity contribution in [2.24, 2.45) is 0 Å². The Morgan fingerprint density at radius 3 is 2.70 bits per heavy atom. The van der Waals surface area contributed by atoms with E-state index in [4.69, 9.17) is 5.73 Å². The number of nitrogen functional groups attached to an aromatic ring is 1. The zero-order valence-electron chi connectivity index (χ0n) is 10.7. The monoisotopic (exact) mass is 275 g/mol. The molecule has 0 aliphatic carbocycles. The molecule has 8 nitrogen and oxygen atoms in total. The van der Waals surface area contributed by atoms with E-state index in [2.05, 4.69) is 25.6 Å². The molecule has 0 saturated carbocycles. The normalized spacial score (nSPS) is 10.1. The summed E-state index contributed by atoms with van der Waals surface area (Å²) >= 11 is 0. The third-order valence-corrected chi connectivity index (χ3v) is 2.62. The minimum Gasteiger partial charge on any atom is -0.379 e. The van der Waals surface area contributed by atoms with Crippen molar-refractivity contribution in [1.29, 1.82) is 0 Å². The summed E-state index contributed by atoms with van der Waals surface area (Å²) in [6, 6.07) is 6.95. The van der Waals surface area contributed by atoms with E-state index in [0.29, 0.717) is 11.3 Å². The summed E-state index contributed by atoms with van der Waals surface area (Å²) < 4.78 is 4.37. The van der Waals surface area contributed by atoms with Gasteiger partial charge >= 0.3 is 0 Å². The summed E-state index contributed by atoms with van der Waals surface area (Å²) in [4.78, 5) is 23.4. The maximum Gasteiger partial charge on any atom is 0.281 e. The fourth-order valence-corrected chi connectivity index (χ4v) is 1.59. The SMILES string of the molecule is CNC(=O)Cc1ccccc1NC(=O)c1nonc1N. The molecular formula is C12H13N5O3. The fraction of sp³-hybridized carbons (Fsp3) is 0.167. The Hall–Kier alpha value is -2.90. The van der Waals surface area contributed by atoms with Gasteiger partial charge in [-0.2, -0.15) is 0 Å². The largest absolute Gasteiger partial charge is 0.379 e. The van der Waals surface area contributed by atoms with E-state index >= 15 is 0 Å². The quantitative estimate of drug-likeness (QED) is 0.732. The van der Waals surface area contributed by atoms with Crippen LogP contribution in [0.25, 0.3) is 0 Å². The molecule has 8 heteroatoms. The summed E-state index contributed by atoms with van der Waals surface area (Å²) in [6.45, 7) is 0. The van der Waals surface area contributed by atoms with Gasteiger partial charge in [0.15, 0.2) is 0 Å². The van der Waals surface area contributed by atoms with Crippen molar-refractivity contribution in [2.75, 3.05) is 18.1 Å². The number of benzene rings is 1. The highest BCUT2D eigenvalue weighted by atomic mass is 16.6. The number of carbonyl (C=O) groups is 2. The second-order valence-electron chi connectivity index (χ2n) is 3.96. The zero-order chi connectivity index (χ0) is 14.5. The first kappa shape index (κ1) is 13.5. The van der Waals surface area contributed by atoms with Gasteiger partial charge in [0, 0.05) is 12.7 Å². The van der Waals surface area contributed by atoms with Crippen LogP contribution >= 0.6 is 0 Å². The summed E-state index contributed by atoms with van der Waals surface area (Å²) in [6.07, 6.45) is 0.152. The number of nitrogens with two attached hydrogens (primary N) is 1. The molecule has 1 heterocycles. The molecule has 0 unspecified atom stereocenters. The highest BCUT2D eigenvalue weighted by Crippen LogP contribution is 2.17. The van der Waals surface area contributed by atoms with Gasteiger partial charge < -0.3 is 16.4 Å². The van der Waals surface area contributed by atoms with Crippen molar-refractivity contribution in [3.05, 3.63) is 35.5 Å². The number of anilines is 2. The number of carbonyl (C=O) groups excluding carboxylic acids is 2. The molecule has 0 fully saturated rings. The molecule has 2 amide bonds. The summed E-state index contributed by atoms with van der Waals surface area (Å²) in [5, 5.41) is 11.9. The number of likely N-dealkylation sites (N-methyl/N-ethyl adjacent to an activating group) is 1. The molecule has 104 valence electrons. The highest BCUT2D eigenvalue weighted by Gasteiger charge is 2.17. The Labute approximate surface area is 114 Å². The van der Waals surface area contributed by atoms with Crippen LogP contribution in [0, 0.1) is 0 Å². The number of aromatic nitrogens is 2. The molecule has 0 bridgehead atoms. The molecule has 2 rings (SSSR count). The van der Waals surface area contributed by atoms with Crippen LogP contribution in [0.15, 0.2) is 28.9 Å².